The number of likely N-dealkylation sites (N-methyl/N-ethyl adjacent to an activating group) is 1. The van der Waals surface area contributed by atoms with Crippen LogP contribution >= 0.6 is 0 Å². The zero-order valence-electron chi connectivity index (χ0n) is 7.57. The Bertz CT molecular complexity index is 83.7. The molecule has 0 bridgehead atoms. The van der Waals surface area contributed by atoms with Crippen molar-refractivity contribution in [3.63, 3.8) is 0 Å². The van der Waals surface area contributed by atoms with Crippen molar-refractivity contribution in [3.8, 4) is 0 Å². The maximum absolute atomic E-state index is 5.81. The first-order valence-electron chi connectivity index (χ1n) is 3.86. The molecule has 62 valence electrons. The second-order valence-electron chi connectivity index (χ2n) is 4.08. The van der Waals surface area contributed by atoms with Gasteiger partial charge in [-0.15, -0.1) is 0 Å². The number of nitrogens with two attached hydrogens (primary N) is 1. The van der Waals surface area contributed by atoms with Gasteiger partial charge in [-0.2, -0.15) is 0 Å². The molecule has 2 nitrogen and oxygen atoms in total. The highest BCUT2D eigenvalue weighted by Gasteiger charge is 2.14. The van der Waals surface area contributed by atoms with E-state index in [1.54, 1.807) is 0 Å². The molecule has 1 atom stereocenters. The third kappa shape index (κ3) is 6.05. The first kappa shape index (κ1) is 9.92. The number of hydrogen-bond donors (Lipinski definition) is 2. The molecule has 0 spiro atoms. The fourth-order valence-electron chi connectivity index (χ4n) is 1.12. The monoisotopic (exact) mass is 144 g/mol. The van der Waals surface area contributed by atoms with Gasteiger partial charge in [-0.05, 0) is 18.9 Å². The maximum atomic E-state index is 5.81. The van der Waals surface area contributed by atoms with Crippen LogP contribution in [0.4, 0.5) is 0 Å². The maximum Gasteiger partial charge on any atom is 0.0170 e. The van der Waals surface area contributed by atoms with Gasteiger partial charge in [-0.3, -0.25) is 0 Å². The van der Waals surface area contributed by atoms with E-state index in [1.807, 2.05) is 7.05 Å². The molecule has 0 rings (SSSR count). The summed E-state index contributed by atoms with van der Waals surface area (Å²) in [5.41, 5.74) is 6.17. The Labute approximate surface area is 64.2 Å². The van der Waals surface area contributed by atoms with Gasteiger partial charge in [0.1, 0.15) is 0 Å². The van der Waals surface area contributed by atoms with Crippen LogP contribution in [0.3, 0.4) is 0 Å². The minimum Gasteiger partial charge on any atom is -0.327 e. The summed E-state index contributed by atoms with van der Waals surface area (Å²) in [6.45, 7) is 7.55. The van der Waals surface area contributed by atoms with Gasteiger partial charge in [0.2, 0.25) is 0 Å². The molecule has 0 aliphatic rings. The molecule has 10 heavy (non-hydrogen) atoms. The van der Waals surface area contributed by atoms with E-state index in [1.165, 1.54) is 0 Å². The lowest BCUT2D eigenvalue weighted by atomic mass is 9.88. The molecule has 0 amide bonds. The lowest BCUT2D eigenvalue weighted by Gasteiger charge is -2.22. The van der Waals surface area contributed by atoms with Crippen LogP contribution in [-0.4, -0.2) is 19.6 Å². The fraction of sp³-hybridized carbons (Fsp3) is 1.00. The van der Waals surface area contributed by atoms with Crippen LogP contribution in [-0.2, 0) is 0 Å². The molecule has 0 aliphatic heterocycles. The van der Waals surface area contributed by atoms with Gasteiger partial charge >= 0.3 is 0 Å². The van der Waals surface area contributed by atoms with E-state index in [2.05, 4.69) is 26.1 Å². The Hall–Kier alpha value is -0.0800. The first-order valence-corrected chi connectivity index (χ1v) is 3.86. The minimum atomic E-state index is 0.296. The lowest BCUT2D eigenvalue weighted by molar-refractivity contribution is 0.336. The molecule has 0 heterocycles. The van der Waals surface area contributed by atoms with Crippen molar-refractivity contribution < 1.29 is 0 Å². The van der Waals surface area contributed by atoms with Crippen molar-refractivity contribution in [1.29, 1.82) is 0 Å². The van der Waals surface area contributed by atoms with E-state index >= 15 is 0 Å². The van der Waals surface area contributed by atoms with Crippen LogP contribution in [0.25, 0.3) is 0 Å². The number of hydrogen-bond acceptors (Lipinski definition) is 2. The van der Waals surface area contributed by atoms with Gasteiger partial charge in [0.15, 0.2) is 0 Å². The summed E-state index contributed by atoms with van der Waals surface area (Å²) in [5, 5.41) is 3.07. The summed E-state index contributed by atoms with van der Waals surface area (Å²) in [7, 11) is 1.93. The number of rotatable bonds is 3. The summed E-state index contributed by atoms with van der Waals surface area (Å²) in [5.74, 6) is 0. The van der Waals surface area contributed by atoms with Crippen molar-refractivity contribution in [2.45, 2.75) is 33.2 Å². The van der Waals surface area contributed by atoms with Gasteiger partial charge in [0, 0.05) is 12.6 Å². The zero-order valence-corrected chi connectivity index (χ0v) is 7.57. The molecule has 0 aromatic heterocycles. The fourth-order valence-corrected chi connectivity index (χ4v) is 1.12. The van der Waals surface area contributed by atoms with Gasteiger partial charge in [-0.1, -0.05) is 20.8 Å². The van der Waals surface area contributed by atoms with Crippen molar-refractivity contribution >= 4 is 0 Å². The molecule has 0 radical (unpaired) electrons. The van der Waals surface area contributed by atoms with Gasteiger partial charge < -0.3 is 11.1 Å². The van der Waals surface area contributed by atoms with Crippen molar-refractivity contribution in [2.24, 2.45) is 11.1 Å². The Morgan fingerprint density at radius 2 is 1.90 bits per heavy atom. The Kier molecular flexibility index (Phi) is 3.91. The lowest BCUT2D eigenvalue weighted by Crippen LogP contribution is -2.35. The second kappa shape index (κ2) is 3.94. The Balaban J connectivity index is 3.47. The standard InChI is InChI=1S/C8H20N2/c1-8(2,3)5-7(9)6-10-4/h7,10H,5-6,9H2,1-4H3. The van der Waals surface area contributed by atoms with Gasteiger partial charge in [0.25, 0.3) is 0 Å². The first-order chi connectivity index (χ1) is 4.45. The molecule has 2 heteroatoms. The highest BCUT2D eigenvalue weighted by molar-refractivity contribution is 4.72. The summed E-state index contributed by atoms with van der Waals surface area (Å²) in [6, 6.07) is 0.296. The normalized spacial score (nSPS) is 15.3. The molecule has 0 aromatic rings. The summed E-state index contributed by atoms with van der Waals surface area (Å²) >= 11 is 0. The SMILES string of the molecule is CNCC(N)CC(C)(C)C. The number of nitrogens with one attached hydrogen (secondary N) is 1. The molecule has 0 fully saturated rings. The highest BCUT2D eigenvalue weighted by atomic mass is 14.9. The molecule has 0 saturated carbocycles. The van der Waals surface area contributed by atoms with Crippen LogP contribution in [0.2, 0.25) is 0 Å². The van der Waals surface area contributed by atoms with E-state index in [9.17, 15) is 0 Å². The van der Waals surface area contributed by atoms with E-state index in [0.29, 0.717) is 11.5 Å². The van der Waals surface area contributed by atoms with Crippen LogP contribution < -0.4 is 11.1 Å². The van der Waals surface area contributed by atoms with E-state index in [-0.39, 0.29) is 0 Å². The van der Waals surface area contributed by atoms with E-state index in [4.69, 9.17) is 5.73 Å². The van der Waals surface area contributed by atoms with Crippen LogP contribution in [0, 0.1) is 5.41 Å². The topological polar surface area (TPSA) is 38.0 Å². The molecule has 0 saturated heterocycles. The Morgan fingerprint density at radius 3 is 2.20 bits per heavy atom. The van der Waals surface area contributed by atoms with Crippen LogP contribution in [0.1, 0.15) is 27.2 Å². The van der Waals surface area contributed by atoms with Crippen LogP contribution in [0.15, 0.2) is 0 Å². The molecular weight excluding hydrogens is 124 g/mol. The third-order valence-electron chi connectivity index (χ3n) is 1.34. The molecule has 3 N–H and O–H groups in total. The predicted molar refractivity (Wildman–Crippen MR) is 46.0 cm³/mol. The molecule has 0 aliphatic carbocycles. The van der Waals surface area contributed by atoms with Crippen molar-refractivity contribution in [3.05, 3.63) is 0 Å². The molecule has 0 aromatic carbocycles. The average Bonchev–Trinajstić information content (AvgIpc) is 1.59. The summed E-state index contributed by atoms with van der Waals surface area (Å²) in [6.07, 6.45) is 1.08. The summed E-state index contributed by atoms with van der Waals surface area (Å²) < 4.78 is 0. The van der Waals surface area contributed by atoms with Crippen molar-refractivity contribution in [2.75, 3.05) is 13.6 Å². The van der Waals surface area contributed by atoms with Gasteiger partial charge in [-0.25, -0.2) is 0 Å². The largest absolute Gasteiger partial charge is 0.327 e. The quantitative estimate of drug-likeness (QED) is 0.619. The second-order valence-corrected chi connectivity index (χ2v) is 4.08. The smallest absolute Gasteiger partial charge is 0.0170 e. The Morgan fingerprint density at radius 1 is 1.40 bits per heavy atom. The highest BCUT2D eigenvalue weighted by Crippen LogP contribution is 2.19. The average molecular weight is 144 g/mol. The van der Waals surface area contributed by atoms with E-state index in [0.717, 1.165) is 13.0 Å². The van der Waals surface area contributed by atoms with Crippen LogP contribution in [0.5, 0.6) is 0 Å². The van der Waals surface area contributed by atoms with E-state index < -0.39 is 0 Å². The minimum absolute atomic E-state index is 0.296. The van der Waals surface area contributed by atoms with Gasteiger partial charge in [0.05, 0.1) is 0 Å². The third-order valence-corrected chi connectivity index (χ3v) is 1.34. The summed E-state index contributed by atoms with van der Waals surface area (Å²) in [4.78, 5) is 0. The molecular formula is C8H20N2. The molecule has 1 unspecified atom stereocenters. The predicted octanol–water partition coefficient (Wildman–Crippen LogP) is 0.969. The zero-order chi connectivity index (χ0) is 8.20. The van der Waals surface area contributed by atoms with Crippen molar-refractivity contribution in [1.82, 2.24) is 5.32 Å².